The maximum atomic E-state index is 13.5. The summed E-state index contributed by atoms with van der Waals surface area (Å²) in [7, 11) is 0. The summed E-state index contributed by atoms with van der Waals surface area (Å²) in [4.78, 5) is 3.12. The van der Waals surface area contributed by atoms with Crippen molar-refractivity contribution in [2.75, 3.05) is 24.2 Å². The second kappa shape index (κ2) is 5.55. The van der Waals surface area contributed by atoms with Crippen LogP contribution in [0.3, 0.4) is 0 Å². The van der Waals surface area contributed by atoms with E-state index in [2.05, 4.69) is 11.8 Å². The molecular weight excluding hydrogens is 223 g/mol. The van der Waals surface area contributed by atoms with Gasteiger partial charge in [-0.25, -0.2) is 4.39 Å². The van der Waals surface area contributed by atoms with Gasteiger partial charge in [0.2, 0.25) is 0 Å². The molecule has 0 atom stereocenters. The van der Waals surface area contributed by atoms with Crippen LogP contribution in [0.1, 0.15) is 18.9 Å². The van der Waals surface area contributed by atoms with E-state index in [1.54, 1.807) is 6.07 Å². The van der Waals surface area contributed by atoms with Crippen molar-refractivity contribution in [3.05, 3.63) is 23.5 Å². The smallest absolute Gasteiger partial charge is 0.137 e. The van der Waals surface area contributed by atoms with Crippen LogP contribution in [0.25, 0.3) is 0 Å². The molecule has 2 nitrogen and oxygen atoms in total. The zero-order chi connectivity index (χ0) is 10.8. The van der Waals surface area contributed by atoms with Crippen molar-refractivity contribution in [1.82, 2.24) is 6.15 Å². The summed E-state index contributed by atoms with van der Waals surface area (Å²) in [6.07, 6.45) is 4.05. The highest BCUT2D eigenvalue weighted by molar-refractivity contribution is 7.98. The Morgan fingerprint density at radius 1 is 1.44 bits per heavy atom. The van der Waals surface area contributed by atoms with E-state index in [0.717, 1.165) is 30.8 Å². The molecule has 16 heavy (non-hydrogen) atoms. The van der Waals surface area contributed by atoms with E-state index in [-0.39, 0.29) is 12.0 Å². The van der Waals surface area contributed by atoms with Gasteiger partial charge in [0.15, 0.2) is 0 Å². The highest BCUT2D eigenvalue weighted by Crippen LogP contribution is 2.33. The van der Waals surface area contributed by atoms with Gasteiger partial charge >= 0.3 is 0 Å². The van der Waals surface area contributed by atoms with Crippen LogP contribution >= 0.6 is 11.8 Å². The largest absolute Gasteiger partial charge is 0.371 e. The lowest BCUT2D eigenvalue weighted by atomic mass is 10.1. The second-order valence-electron chi connectivity index (χ2n) is 3.85. The number of nitrogens with zero attached hydrogens (tertiary/aromatic N) is 1. The van der Waals surface area contributed by atoms with Gasteiger partial charge < -0.3 is 11.1 Å². The minimum absolute atomic E-state index is 0. The van der Waals surface area contributed by atoms with E-state index in [4.69, 9.17) is 0 Å². The molecule has 0 aliphatic carbocycles. The van der Waals surface area contributed by atoms with Crippen LogP contribution in [0.2, 0.25) is 0 Å². The zero-order valence-corrected chi connectivity index (χ0v) is 10.7. The summed E-state index contributed by atoms with van der Waals surface area (Å²) in [5, 5.41) is 0. The number of hydrogen-bond acceptors (Lipinski definition) is 3. The number of thioether (sulfide) groups is 1. The molecule has 0 spiro atoms. The van der Waals surface area contributed by atoms with E-state index >= 15 is 0 Å². The summed E-state index contributed by atoms with van der Waals surface area (Å²) in [6.45, 7) is 4.30. The fourth-order valence-corrected chi connectivity index (χ4v) is 2.60. The Kier molecular flexibility index (Phi) is 4.62. The Hall–Kier alpha value is -0.740. The molecule has 0 aromatic heterocycles. The molecule has 3 N–H and O–H groups in total. The quantitative estimate of drug-likeness (QED) is 0.825. The number of halogens is 1. The van der Waals surface area contributed by atoms with Gasteiger partial charge in [-0.1, -0.05) is 6.92 Å². The van der Waals surface area contributed by atoms with Crippen molar-refractivity contribution in [3.63, 3.8) is 0 Å². The number of benzene rings is 1. The Labute approximate surface area is 101 Å². The predicted molar refractivity (Wildman–Crippen MR) is 69.4 cm³/mol. The molecule has 1 aromatic carbocycles. The Morgan fingerprint density at radius 3 is 2.81 bits per heavy atom. The third-order valence-electron chi connectivity index (χ3n) is 2.84. The normalized spacial score (nSPS) is 13.6. The molecule has 90 valence electrons. The molecule has 1 aliphatic heterocycles. The number of anilines is 1. The molecular formula is C12H19FN2S. The third kappa shape index (κ3) is 2.33. The minimum atomic E-state index is -0.0698. The van der Waals surface area contributed by atoms with Crippen LogP contribution in [-0.2, 0) is 6.42 Å². The van der Waals surface area contributed by atoms with Gasteiger partial charge in [-0.05, 0) is 36.8 Å². The fraction of sp³-hybridized carbons (Fsp3) is 0.500. The predicted octanol–water partition coefficient (Wildman–Crippen LogP) is 3.48. The molecule has 2 rings (SSSR count). The lowest BCUT2D eigenvalue weighted by Gasteiger charge is -2.18. The third-order valence-corrected chi connectivity index (χ3v) is 3.59. The minimum Gasteiger partial charge on any atom is -0.371 e. The van der Waals surface area contributed by atoms with Crippen LogP contribution in [0, 0.1) is 5.82 Å². The molecule has 4 heteroatoms. The van der Waals surface area contributed by atoms with Crippen LogP contribution in [0.15, 0.2) is 17.0 Å². The maximum Gasteiger partial charge on any atom is 0.137 e. The number of fused-ring (bicyclic) bond motifs is 1. The Bertz CT molecular complexity index is 368. The van der Waals surface area contributed by atoms with Gasteiger partial charge in [-0.15, -0.1) is 11.8 Å². The van der Waals surface area contributed by atoms with Gasteiger partial charge in [0.1, 0.15) is 5.82 Å². The lowest BCUT2D eigenvalue weighted by Crippen LogP contribution is -2.20. The summed E-state index contributed by atoms with van der Waals surface area (Å²) < 4.78 is 13.5. The van der Waals surface area contributed by atoms with Crippen molar-refractivity contribution in [2.45, 2.75) is 24.7 Å². The van der Waals surface area contributed by atoms with E-state index in [1.165, 1.54) is 23.0 Å². The molecule has 0 bridgehead atoms. The number of hydrogen-bond donors (Lipinski definition) is 1. The van der Waals surface area contributed by atoms with Crippen LogP contribution in [0.4, 0.5) is 10.1 Å². The average molecular weight is 242 g/mol. The van der Waals surface area contributed by atoms with Crippen LogP contribution in [-0.4, -0.2) is 19.3 Å². The van der Waals surface area contributed by atoms with Gasteiger partial charge in [0.05, 0.1) is 0 Å². The summed E-state index contributed by atoms with van der Waals surface area (Å²) in [5.41, 5.74) is 2.40. The summed E-state index contributed by atoms with van der Waals surface area (Å²) in [6, 6.07) is 3.70. The standard InChI is InChI=1S/C12H16FNS.H3N/c1-3-5-14-6-4-9-7-10(13)12(15-2)8-11(9)14;/h7-8H,3-6H2,1-2H3;1H3. The number of rotatable bonds is 3. The van der Waals surface area contributed by atoms with Crippen molar-refractivity contribution < 1.29 is 4.39 Å². The van der Waals surface area contributed by atoms with Gasteiger partial charge in [0, 0.05) is 23.7 Å². The van der Waals surface area contributed by atoms with Gasteiger partial charge in [0.25, 0.3) is 0 Å². The zero-order valence-electron chi connectivity index (χ0n) is 9.92. The van der Waals surface area contributed by atoms with Crippen molar-refractivity contribution in [1.29, 1.82) is 0 Å². The van der Waals surface area contributed by atoms with Crippen molar-refractivity contribution in [3.8, 4) is 0 Å². The van der Waals surface area contributed by atoms with E-state index in [9.17, 15) is 4.39 Å². The van der Waals surface area contributed by atoms with Gasteiger partial charge in [-0.3, -0.25) is 0 Å². The highest BCUT2D eigenvalue weighted by atomic mass is 32.2. The average Bonchev–Trinajstić information content (AvgIpc) is 2.60. The van der Waals surface area contributed by atoms with Gasteiger partial charge in [-0.2, -0.15) is 0 Å². The highest BCUT2D eigenvalue weighted by Gasteiger charge is 2.20. The first kappa shape index (κ1) is 13.3. The van der Waals surface area contributed by atoms with Crippen molar-refractivity contribution >= 4 is 17.4 Å². The molecule has 1 aromatic rings. The van der Waals surface area contributed by atoms with E-state index in [1.807, 2.05) is 12.3 Å². The molecule has 0 unspecified atom stereocenters. The molecule has 0 saturated carbocycles. The van der Waals surface area contributed by atoms with Crippen molar-refractivity contribution in [2.24, 2.45) is 0 Å². The maximum absolute atomic E-state index is 13.5. The molecule has 0 radical (unpaired) electrons. The Morgan fingerprint density at radius 2 is 2.19 bits per heavy atom. The first-order valence-electron chi connectivity index (χ1n) is 5.37. The summed E-state index contributed by atoms with van der Waals surface area (Å²) in [5.74, 6) is -0.0698. The first-order chi connectivity index (χ1) is 7.26. The van der Waals surface area contributed by atoms with E-state index in [0.29, 0.717) is 0 Å². The molecule has 0 fully saturated rings. The summed E-state index contributed by atoms with van der Waals surface area (Å²) >= 11 is 1.48. The topological polar surface area (TPSA) is 38.2 Å². The molecule has 1 heterocycles. The second-order valence-corrected chi connectivity index (χ2v) is 4.70. The SMILES string of the molecule is CCCN1CCc2cc(F)c(SC)cc21.N. The first-order valence-corrected chi connectivity index (χ1v) is 6.60. The van der Waals surface area contributed by atoms with Crippen LogP contribution < -0.4 is 11.1 Å². The molecule has 0 amide bonds. The van der Waals surface area contributed by atoms with Crippen LogP contribution in [0.5, 0.6) is 0 Å². The molecule has 0 saturated heterocycles. The fourth-order valence-electron chi connectivity index (χ4n) is 2.11. The molecule has 1 aliphatic rings. The Balaban J connectivity index is 0.00000128. The monoisotopic (exact) mass is 242 g/mol. The van der Waals surface area contributed by atoms with E-state index < -0.39 is 0 Å². The lowest BCUT2D eigenvalue weighted by molar-refractivity contribution is 0.601.